The maximum atomic E-state index is 12.0. The summed E-state index contributed by atoms with van der Waals surface area (Å²) in [6.45, 7) is 8.42. The van der Waals surface area contributed by atoms with Crippen LogP contribution in [-0.2, 0) is 9.47 Å². The van der Waals surface area contributed by atoms with Gasteiger partial charge in [0, 0.05) is 6.20 Å². The molecule has 0 bridgehead atoms. The molecule has 1 aromatic heterocycles. The van der Waals surface area contributed by atoms with E-state index in [-0.39, 0.29) is 18.1 Å². The molecule has 0 saturated carbocycles. The van der Waals surface area contributed by atoms with E-state index >= 15 is 0 Å². The first kappa shape index (κ1) is 20.2. The van der Waals surface area contributed by atoms with Crippen LogP contribution in [0.1, 0.15) is 66.0 Å². The van der Waals surface area contributed by atoms with Crippen molar-refractivity contribution in [1.29, 1.82) is 0 Å². The van der Waals surface area contributed by atoms with Gasteiger partial charge >= 0.3 is 11.8 Å². The number of amides is 1. The molecular weight excluding hydrogens is 310 g/mol. The molecule has 2 unspecified atom stereocenters. The maximum absolute atomic E-state index is 12.0. The van der Waals surface area contributed by atoms with Gasteiger partial charge in [0.25, 0.3) is 0 Å². The van der Waals surface area contributed by atoms with Crippen LogP contribution in [0.5, 0.6) is 0 Å². The van der Waals surface area contributed by atoms with Crippen LogP contribution in [0.25, 0.3) is 0 Å². The summed E-state index contributed by atoms with van der Waals surface area (Å²) >= 11 is 0. The van der Waals surface area contributed by atoms with Crippen molar-refractivity contribution in [2.24, 2.45) is 0 Å². The molecule has 1 saturated heterocycles. The molecule has 1 aromatic rings. The molecule has 2 rings (SSSR count). The standard InChI is InChI=1S/C15H23N3O4.C2H6/c1-3-4-5-10-21-15(20)17-12-8-9-18(14(19)16-12)13-7-6-11(2)22-13;1-2/h8-9,11,13H,3-7,10H2,1-2H3,(H,16,17,19,20);1-2H3. The van der Waals surface area contributed by atoms with E-state index in [2.05, 4.69) is 17.2 Å². The SMILES string of the molecule is CC.CCCCCOC(=O)Nc1ccn(C2CCC(C)O2)c(=O)n1. The fourth-order valence-corrected chi connectivity index (χ4v) is 2.35. The van der Waals surface area contributed by atoms with Gasteiger partial charge in [-0.3, -0.25) is 9.88 Å². The van der Waals surface area contributed by atoms with Crippen molar-refractivity contribution in [1.82, 2.24) is 9.55 Å². The normalized spacial score (nSPS) is 19.3. The lowest BCUT2D eigenvalue weighted by atomic mass is 10.2. The molecule has 1 N–H and O–H groups in total. The van der Waals surface area contributed by atoms with Crippen molar-refractivity contribution < 1.29 is 14.3 Å². The monoisotopic (exact) mass is 339 g/mol. The highest BCUT2D eigenvalue weighted by Crippen LogP contribution is 2.26. The number of nitrogens with one attached hydrogen (secondary N) is 1. The Hall–Kier alpha value is -1.89. The van der Waals surface area contributed by atoms with E-state index in [1.165, 1.54) is 4.57 Å². The van der Waals surface area contributed by atoms with E-state index in [1.54, 1.807) is 12.3 Å². The third kappa shape index (κ3) is 6.31. The van der Waals surface area contributed by atoms with Gasteiger partial charge in [0.05, 0.1) is 12.7 Å². The summed E-state index contributed by atoms with van der Waals surface area (Å²) in [7, 11) is 0. The van der Waals surface area contributed by atoms with Crippen molar-refractivity contribution in [2.75, 3.05) is 11.9 Å². The molecule has 0 spiro atoms. The van der Waals surface area contributed by atoms with Gasteiger partial charge in [-0.1, -0.05) is 33.6 Å². The average molecular weight is 339 g/mol. The smallest absolute Gasteiger partial charge is 0.412 e. The van der Waals surface area contributed by atoms with Crippen molar-refractivity contribution in [3.63, 3.8) is 0 Å². The number of nitrogens with zero attached hydrogens (tertiary/aromatic N) is 2. The third-order valence-corrected chi connectivity index (χ3v) is 3.56. The van der Waals surface area contributed by atoms with E-state index in [9.17, 15) is 9.59 Å². The molecule has 7 heteroatoms. The lowest BCUT2D eigenvalue weighted by Gasteiger charge is -2.14. The lowest BCUT2D eigenvalue weighted by Crippen LogP contribution is -2.28. The van der Waals surface area contributed by atoms with Crippen molar-refractivity contribution >= 4 is 11.9 Å². The molecule has 1 amide bonds. The predicted molar refractivity (Wildman–Crippen MR) is 93.2 cm³/mol. The van der Waals surface area contributed by atoms with Gasteiger partial charge in [0.15, 0.2) is 0 Å². The minimum absolute atomic E-state index is 0.146. The minimum Gasteiger partial charge on any atom is -0.449 e. The summed E-state index contributed by atoms with van der Waals surface area (Å²) in [6.07, 6.45) is 5.48. The van der Waals surface area contributed by atoms with Crippen LogP contribution in [-0.4, -0.2) is 28.4 Å². The number of aromatic nitrogens is 2. The van der Waals surface area contributed by atoms with Crippen LogP contribution >= 0.6 is 0 Å². The molecule has 1 aliphatic heterocycles. The van der Waals surface area contributed by atoms with E-state index in [1.807, 2.05) is 20.8 Å². The zero-order valence-electron chi connectivity index (χ0n) is 15.1. The van der Waals surface area contributed by atoms with Gasteiger partial charge in [-0.05, 0) is 32.3 Å². The van der Waals surface area contributed by atoms with Gasteiger partial charge in [-0.2, -0.15) is 4.98 Å². The number of anilines is 1. The second-order valence-electron chi connectivity index (χ2n) is 5.45. The number of hydrogen-bond acceptors (Lipinski definition) is 5. The number of hydrogen-bond donors (Lipinski definition) is 1. The maximum Gasteiger partial charge on any atom is 0.412 e. The predicted octanol–water partition coefficient (Wildman–Crippen LogP) is 3.71. The second kappa shape index (κ2) is 10.8. The fourth-order valence-electron chi connectivity index (χ4n) is 2.35. The third-order valence-electron chi connectivity index (χ3n) is 3.56. The summed E-state index contributed by atoms with van der Waals surface area (Å²) in [5, 5.41) is 2.46. The highest BCUT2D eigenvalue weighted by Gasteiger charge is 2.24. The first-order valence-electron chi connectivity index (χ1n) is 8.78. The van der Waals surface area contributed by atoms with Crippen LogP contribution < -0.4 is 11.0 Å². The van der Waals surface area contributed by atoms with E-state index in [0.717, 1.165) is 32.1 Å². The van der Waals surface area contributed by atoms with Crippen molar-refractivity contribution in [3.8, 4) is 0 Å². The first-order chi connectivity index (χ1) is 11.6. The van der Waals surface area contributed by atoms with Gasteiger partial charge in [-0.25, -0.2) is 9.59 Å². The van der Waals surface area contributed by atoms with Gasteiger partial charge in [0.2, 0.25) is 0 Å². The second-order valence-corrected chi connectivity index (χ2v) is 5.45. The number of rotatable bonds is 6. The van der Waals surface area contributed by atoms with Crippen LogP contribution in [0, 0.1) is 0 Å². The highest BCUT2D eigenvalue weighted by atomic mass is 16.5. The molecular formula is C17H29N3O4. The minimum atomic E-state index is -0.591. The number of carbonyl (C=O) groups excluding carboxylic acids is 1. The summed E-state index contributed by atoms with van der Waals surface area (Å²) in [5.74, 6) is 0.188. The molecule has 7 nitrogen and oxygen atoms in total. The molecule has 2 atom stereocenters. The first-order valence-corrected chi connectivity index (χ1v) is 8.78. The number of unbranched alkanes of at least 4 members (excludes halogenated alkanes) is 2. The Bertz CT molecular complexity index is 559. The van der Waals surface area contributed by atoms with E-state index < -0.39 is 11.8 Å². The largest absolute Gasteiger partial charge is 0.449 e. The molecule has 1 fully saturated rings. The molecule has 0 aromatic carbocycles. The highest BCUT2D eigenvalue weighted by molar-refractivity contribution is 5.83. The summed E-state index contributed by atoms with van der Waals surface area (Å²) < 4.78 is 12.1. The van der Waals surface area contributed by atoms with Gasteiger partial charge in [0.1, 0.15) is 12.0 Å². The lowest BCUT2D eigenvalue weighted by molar-refractivity contribution is 0.00805. The van der Waals surface area contributed by atoms with Crippen molar-refractivity contribution in [2.45, 2.75) is 72.1 Å². The Morgan fingerprint density at radius 2 is 2.17 bits per heavy atom. The van der Waals surface area contributed by atoms with Gasteiger partial charge < -0.3 is 9.47 Å². The number of carbonyl (C=O) groups is 1. The summed E-state index contributed by atoms with van der Waals surface area (Å²) in [4.78, 5) is 27.4. The van der Waals surface area contributed by atoms with Crippen LogP contribution in [0.15, 0.2) is 17.1 Å². The average Bonchev–Trinajstić information content (AvgIpc) is 3.00. The quantitative estimate of drug-likeness (QED) is 0.799. The van der Waals surface area contributed by atoms with Crippen LogP contribution in [0.3, 0.4) is 0 Å². The summed E-state index contributed by atoms with van der Waals surface area (Å²) in [6, 6.07) is 1.57. The molecule has 136 valence electrons. The Labute approximate surface area is 143 Å². The van der Waals surface area contributed by atoms with Crippen LogP contribution in [0.2, 0.25) is 0 Å². The molecule has 24 heavy (non-hydrogen) atoms. The molecule has 2 heterocycles. The Morgan fingerprint density at radius 3 is 2.75 bits per heavy atom. The Morgan fingerprint density at radius 1 is 1.42 bits per heavy atom. The Kier molecular flexibility index (Phi) is 9.07. The number of ether oxygens (including phenoxy) is 2. The Balaban J connectivity index is 0.00000139. The van der Waals surface area contributed by atoms with E-state index in [0.29, 0.717) is 6.61 Å². The van der Waals surface area contributed by atoms with Crippen LogP contribution in [0.4, 0.5) is 10.6 Å². The summed E-state index contributed by atoms with van der Waals surface area (Å²) in [5.41, 5.74) is -0.442. The topological polar surface area (TPSA) is 82.5 Å². The molecule has 0 radical (unpaired) electrons. The molecule has 0 aliphatic carbocycles. The molecule has 1 aliphatic rings. The van der Waals surface area contributed by atoms with E-state index in [4.69, 9.17) is 9.47 Å². The zero-order valence-corrected chi connectivity index (χ0v) is 15.1. The fraction of sp³-hybridized carbons (Fsp3) is 0.706. The van der Waals surface area contributed by atoms with Crippen molar-refractivity contribution in [3.05, 3.63) is 22.7 Å². The zero-order chi connectivity index (χ0) is 17.9. The van der Waals surface area contributed by atoms with Gasteiger partial charge in [-0.15, -0.1) is 0 Å².